The third-order valence-corrected chi connectivity index (χ3v) is 4.61. The van der Waals surface area contributed by atoms with Crippen molar-refractivity contribution in [3.05, 3.63) is 84.3 Å². The van der Waals surface area contributed by atoms with E-state index in [1.807, 2.05) is 66.0 Å². The minimum atomic E-state index is -0.187. The van der Waals surface area contributed by atoms with E-state index in [9.17, 15) is 9.59 Å². The second-order valence-electron chi connectivity index (χ2n) is 6.39. The standard InChI is InChI=1S/C21H19N3O3/c25-19-14-24(17-10-5-4-9-16(17)23-19)20(26)13-22-21(18-11-6-12-27-18)15-7-2-1-3-8-15/h1-12,21-22H,13-14H2,(H,23,25)/p+1/t21-/m1/s1. The van der Waals surface area contributed by atoms with Gasteiger partial charge in [-0.2, -0.15) is 0 Å². The van der Waals surface area contributed by atoms with E-state index >= 15 is 0 Å². The van der Waals surface area contributed by atoms with Crippen LogP contribution < -0.4 is 15.5 Å². The molecule has 0 fully saturated rings. The van der Waals surface area contributed by atoms with Gasteiger partial charge in [-0.1, -0.05) is 42.5 Å². The molecule has 0 unspecified atom stereocenters. The van der Waals surface area contributed by atoms with Gasteiger partial charge in [0.2, 0.25) is 5.91 Å². The molecule has 4 rings (SSSR count). The number of amides is 2. The highest BCUT2D eigenvalue weighted by Gasteiger charge is 2.29. The molecule has 3 aromatic rings. The Kier molecular flexibility index (Phi) is 4.72. The highest BCUT2D eigenvalue weighted by molar-refractivity contribution is 6.10. The summed E-state index contributed by atoms with van der Waals surface area (Å²) >= 11 is 0. The van der Waals surface area contributed by atoms with Crippen molar-refractivity contribution < 1.29 is 19.3 Å². The number of benzene rings is 2. The molecule has 27 heavy (non-hydrogen) atoms. The van der Waals surface area contributed by atoms with Gasteiger partial charge in [-0.3, -0.25) is 14.5 Å². The molecule has 1 aliphatic rings. The summed E-state index contributed by atoms with van der Waals surface area (Å²) in [5.41, 5.74) is 2.44. The van der Waals surface area contributed by atoms with Crippen LogP contribution in [0.2, 0.25) is 0 Å². The Morgan fingerprint density at radius 3 is 2.63 bits per heavy atom. The fourth-order valence-corrected chi connectivity index (χ4v) is 3.33. The molecule has 6 nitrogen and oxygen atoms in total. The van der Waals surface area contributed by atoms with Gasteiger partial charge in [0, 0.05) is 5.56 Å². The number of rotatable bonds is 5. The van der Waals surface area contributed by atoms with Crippen LogP contribution in [0.4, 0.5) is 11.4 Å². The van der Waals surface area contributed by atoms with Crippen LogP contribution in [0, 0.1) is 0 Å². The fraction of sp³-hybridized carbons (Fsp3) is 0.143. The molecule has 136 valence electrons. The normalized spacial score (nSPS) is 14.4. The zero-order valence-electron chi connectivity index (χ0n) is 14.7. The van der Waals surface area contributed by atoms with Crippen molar-refractivity contribution in [2.75, 3.05) is 23.3 Å². The monoisotopic (exact) mass is 362 g/mol. The molecule has 6 heteroatoms. The molecular formula is C21H20N3O3+. The Labute approximate surface area is 156 Å². The van der Waals surface area contributed by atoms with E-state index in [2.05, 4.69) is 5.32 Å². The molecular weight excluding hydrogens is 342 g/mol. The predicted octanol–water partition coefficient (Wildman–Crippen LogP) is 1.92. The van der Waals surface area contributed by atoms with Crippen LogP contribution in [0.1, 0.15) is 17.4 Å². The van der Waals surface area contributed by atoms with Gasteiger partial charge < -0.3 is 15.1 Å². The summed E-state index contributed by atoms with van der Waals surface area (Å²) in [7, 11) is 0. The predicted molar refractivity (Wildman–Crippen MR) is 101 cm³/mol. The van der Waals surface area contributed by atoms with Gasteiger partial charge in [0.25, 0.3) is 5.91 Å². The topological polar surface area (TPSA) is 79.2 Å². The first-order valence-corrected chi connectivity index (χ1v) is 8.83. The molecule has 0 saturated heterocycles. The summed E-state index contributed by atoms with van der Waals surface area (Å²) in [5.74, 6) is 0.475. The second kappa shape index (κ2) is 7.47. The molecule has 0 aliphatic carbocycles. The maximum atomic E-state index is 12.9. The second-order valence-corrected chi connectivity index (χ2v) is 6.39. The first kappa shape index (κ1) is 17.1. The minimum Gasteiger partial charge on any atom is -0.463 e. The molecule has 1 atom stereocenters. The maximum Gasteiger partial charge on any atom is 0.282 e. The molecule has 0 radical (unpaired) electrons. The third-order valence-electron chi connectivity index (χ3n) is 4.61. The van der Waals surface area contributed by atoms with Crippen molar-refractivity contribution in [3.63, 3.8) is 0 Å². The van der Waals surface area contributed by atoms with E-state index in [1.54, 1.807) is 12.3 Å². The van der Waals surface area contributed by atoms with E-state index in [0.717, 1.165) is 17.0 Å². The molecule has 2 heterocycles. The summed E-state index contributed by atoms with van der Waals surface area (Å²) in [4.78, 5) is 26.4. The quantitative estimate of drug-likeness (QED) is 0.728. The molecule has 1 aliphatic heterocycles. The number of carbonyl (C=O) groups is 2. The van der Waals surface area contributed by atoms with E-state index < -0.39 is 0 Å². The summed E-state index contributed by atoms with van der Waals surface area (Å²) in [6.07, 6.45) is 1.63. The van der Waals surface area contributed by atoms with E-state index in [4.69, 9.17) is 4.42 Å². The van der Waals surface area contributed by atoms with Gasteiger partial charge in [-0.05, 0) is 24.3 Å². The number of hydrogen-bond acceptors (Lipinski definition) is 3. The number of nitrogens with one attached hydrogen (secondary N) is 1. The summed E-state index contributed by atoms with van der Waals surface area (Å²) in [5, 5.41) is 4.74. The highest BCUT2D eigenvalue weighted by atomic mass is 16.3. The van der Waals surface area contributed by atoms with Crippen molar-refractivity contribution in [3.8, 4) is 0 Å². The van der Waals surface area contributed by atoms with Gasteiger partial charge in [-0.15, -0.1) is 0 Å². The number of nitrogens with two attached hydrogens (primary N) is 1. The Bertz CT molecular complexity index is 938. The van der Waals surface area contributed by atoms with E-state index in [1.165, 1.54) is 4.90 Å². The average Bonchev–Trinajstić information content (AvgIpc) is 3.22. The molecule has 0 spiro atoms. The lowest BCUT2D eigenvalue weighted by atomic mass is 10.0. The molecule has 1 aromatic heterocycles. The van der Waals surface area contributed by atoms with Gasteiger partial charge in [0.05, 0.1) is 17.6 Å². The molecule has 2 aromatic carbocycles. The summed E-state index contributed by atoms with van der Waals surface area (Å²) < 4.78 is 5.58. The van der Waals surface area contributed by atoms with Crippen LogP contribution in [0.15, 0.2) is 77.4 Å². The average molecular weight is 362 g/mol. The van der Waals surface area contributed by atoms with Crippen LogP contribution in [0.3, 0.4) is 0 Å². The van der Waals surface area contributed by atoms with E-state index in [-0.39, 0.29) is 30.9 Å². The Morgan fingerprint density at radius 1 is 1.07 bits per heavy atom. The van der Waals surface area contributed by atoms with Crippen molar-refractivity contribution >= 4 is 23.2 Å². The fourth-order valence-electron chi connectivity index (χ4n) is 3.33. The van der Waals surface area contributed by atoms with Gasteiger partial charge in [-0.25, -0.2) is 0 Å². The minimum absolute atomic E-state index is 0.0282. The Morgan fingerprint density at radius 2 is 1.85 bits per heavy atom. The Hall–Kier alpha value is -3.38. The highest BCUT2D eigenvalue weighted by Crippen LogP contribution is 2.28. The number of hydrogen-bond donors (Lipinski definition) is 2. The Balaban J connectivity index is 1.53. The lowest BCUT2D eigenvalue weighted by Gasteiger charge is -2.29. The van der Waals surface area contributed by atoms with Crippen LogP contribution in [0.5, 0.6) is 0 Å². The number of carbonyl (C=O) groups excluding carboxylic acids is 2. The number of fused-ring (bicyclic) bond motifs is 1. The lowest BCUT2D eigenvalue weighted by Crippen LogP contribution is -2.88. The molecule has 2 amide bonds. The zero-order valence-corrected chi connectivity index (χ0v) is 14.7. The maximum absolute atomic E-state index is 12.9. The molecule has 0 saturated carbocycles. The lowest BCUT2D eigenvalue weighted by molar-refractivity contribution is -0.678. The molecule has 0 bridgehead atoms. The van der Waals surface area contributed by atoms with Gasteiger partial charge in [0.1, 0.15) is 6.54 Å². The first-order valence-electron chi connectivity index (χ1n) is 8.83. The smallest absolute Gasteiger partial charge is 0.282 e. The van der Waals surface area contributed by atoms with Crippen molar-refractivity contribution in [1.29, 1.82) is 0 Å². The first-order chi connectivity index (χ1) is 13.2. The number of anilines is 2. The van der Waals surface area contributed by atoms with Crippen LogP contribution in [-0.4, -0.2) is 24.9 Å². The summed E-state index contributed by atoms with van der Waals surface area (Å²) in [6.45, 7) is 0.225. The van der Waals surface area contributed by atoms with Crippen LogP contribution in [-0.2, 0) is 9.59 Å². The van der Waals surface area contributed by atoms with E-state index in [0.29, 0.717) is 5.69 Å². The summed E-state index contributed by atoms with van der Waals surface area (Å²) in [6, 6.07) is 20.9. The number of para-hydroxylation sites is 2. The zero-order chi connectivity index (χ0) is 18.6. The largest absolute Gasteiger partial charge is 0.463 e. The van der Waals surface area contributed by atoms with Gasteiger partial charge >= 0.3 is 0 Å². The van der Waals surface area contributed by atoms with Crippen LogP contribution >= 0.6 is 0 Å². The molecule has 3 N–H and O–H groups in total. The van der Waals surface area contributed by atoms with Crippen LogP contribution in [0.25, 0.3) is 0 Å². The van der Waals surface area contributed by atoms with Crippen molar-refractivity contribution in [2.24, 2.45) is 0 Å². The number of nitrogens with zero attached hydrogens (tertiary/aromatic N) is 1. The van der Waals surface area contributed by atoms with Crippen molar-refractivity contribution in [2.45, 2.75) is 6.04 Å². The van der Waals surface area contributed by atoms with Crippen molar-refractivity contribution in [1.82, 2.24) is 0 Å². The SMILES string of the molecule is O=C1CN(C(=O)C[NH2+][C@H](c2ccccc2)c2ccco2)c2ccccc2N1. The third kappa shape index (κ3) is 3.61. The number of quaternary nitrogens is 1. The number of furan rings is 1. The van der Waals surface area contributed by atoms with Gasteiger partial charge in [0.15, 0.2) is 18.3 Å².